The van der Waals surface area contributed by atoms with E-state index in [2.05, 4.69) is 24.5 Å². The van der Waals surface area contributed by atoms with Crippen LogP contribution in [0.3, 0.4) is 0 Å². The molecule has 1 aromatic rings. The van der Waals surface area contributed by atoms with E-state index in [1.54, 1.807) is 0 Å². The van der Waals surface area contributed by atoms with E-state index >= 15 is 0 Å². The van der Waals surface area contributed by atoms with Gasteiger partial charge in [-0.3, -0.25) is 4.79 Å². The molecule has 1 amide bonds. The van der Waals surface area contributed by atoms with Crippen LogP contribution in [0.4, 0.5) is 5.69 Å². The molecule has 3 nitrogen and oxygen atoms in total. The molecule has 0 bridgehead atoms. The molecule has 1 aromatic carbocycles. The van der Waals surface area contributed by atoms with Gasteiger partial charge in [0.05, 0.1) is 6.04 Å². The number of benzene rings is 1. The number of hydrogen-bond donors (Lipinski definition) is 2. The van der Waals surface area contributed by atoms with Crippen LogP contribution in [0.15, 0.2) is 24.3 Å². The van der Waals surface area contributed by atoms with Crippen molar-refractivity contribution in [3.8, 4) is 0 Å². The maximum atomic E-state index is 11.9. The highest BCUT2D eigenvalue weighted by molar-refractivity contribution is 5.94. The molecule has 0 aromatic heterocycles. The van der Waals surface area contributed by atoms with Gasteiger partial charge in [0.1, 0.15) is 0 Å². The summed E-state index contributed by atoms with van der Waals surface area (Å²) in [6, 6.07) is 7.67. The Labute approximate surface area is 110 Å². The van der Waals surface area contributed by atoms with Crippen LogP contribution in [0, 0.1) is 12.8 Å². The van der Waals surface area contributed by atoms with E-state index in [9.17, 15) is 4.79 Å². The van der Waals surface area contributed by atoms with Crippen molar-refractivity contribution < 1.29 is 4.79 Å². The Bertz CT molecular complexity index is 373. The van der Waals surface area contributed by atoms with Crippen LogP contribution in [-0.2, 0) is 4.79 Å². The molecule has 0 spiro atoms. The first-order chi connectivity index (χ1) is 8.52. The number of amides is 1. The molecule has 1 rings (SSSR count). The van der Waals surface area contributed by atoms with Gasteiger partial charge in [-0.15, -0.1) is 0 Å². The van der Waals surface area contributed by atoms with Gasteiger partial charge >= 0.3 is 0 Å². The fourth-order valence-electron chi connectivity index (χ4n) is 1.50. The zero-order valence-electron chi connectivity index (χ0n) is 11.8. The normalized spacial score (nSPS) is 14.0. The SMILES string of the molecule is CCC(C)CNC(C)C(=O)Nc1ccc(C)cc1. The van der Waals surface area contributed by atoms with E-state index in [0.717, 1.165) is 18.7 Å². The third kappa shape index (κ3) is 4.88. The standard InChI is InChI=1S/C15H24N2O/c1-5-11(2)10-16-13(4)15(18)17-14-8-6-12(3)7-9-14/h6-9,11,13,16H,5,10H2,1-4H3,(H,17,18). The van der Waals surface area contributed by atoms with Crippen LogP contribution in [0.25, 0.3) is 0 Å². The van der Waals surface area contributed by atoms with Gasteiger partial charge < -0.3 is 10.6 Å². The molecule has 3 heteroatoms. The largest absolute Gasteiger partial charge is 0.325 e. The maximum absolute atomic E-state index is 11.9. The molecule has 0 heterocycles. The molecule has 2 unspecified atom stereocenters. The van der Waals surface area contributed by atoms with Crippen molar-refractivity contribution >= 4 is 11.6 Å². The van der Waals surface area contributed by atoms with Gasteiger partial charge in [-0.25, -0.2) is 0 Å². The first kappa shape index (κ1) is 14.7. The summed E-state index contributed by atoms with van der Waals surface area (Å²) in [5.74, 6) is 0.613. The first-order valence-electron chi connectivity index (χ1n) is 6.63. The van der Waals surface area contributed by atoms with Gasteiger partial charge in [-0.1, -0.05) is 38.0 Å². The molecule has 0 radical (unpaired) electrons. The van der Waals surface area contributed by atoms with Gasteiger partial charge in [0.15, 0.2) is 0 Å². The van der Waals surface area contributed by atoms with Crippen LogP contribution in [-0.4, -0.2) is 18.5 Å². The van der Waals surface area contributed by atoms with Crippen molar-refractivity contribution in [3.63, 3.8) is 0 Å². The second-order valence-electron chi connectivity index (χ2n) is 5.00. The van der Waals surface area contributed by atoms with E-state index < -0.39 is 0 Å². The molecular formula is C15H24N2O. The minimum atomic E-state index is -0.166. The number of hydrogen-bond acceptors (Lipinski definition) is 2. The average molecular weight is 248 g/mol. The maximum Gasteiger partial charge on any atom is 0.241 e. The van der Waals surface area contributed by atoms with Crippen molar-refractivity contribution in [3.05, 3.63) is 29.8 Å². The summed E-state index contributed by atoms with van der Waals surface area (Å²) < 4.78 is 0. The van der Waals surface area contributed by atoms with E-state index in [1.807, 2.05) is 38.1 Å². The van der Waals surface area contributed by atoms with Crippen molar-refractivity contribution in [2.45, 2.75) is 40.2 Å². The topological polar surface area (TPSA) is 41.1 Å². The molecular weight excluding hydrogens is 224 g/mol. The Morgan fingerprint density at radius 3 is 2.39 bits per heavy atom. The molecule has 0 saturated heterocycles. The lowest BCUT2D eigenvalue weighted by atomic mass is 10.1. The Morgan fingerprint density at radius 1 is 1.22 bits per heavy atom. The Balaban J connectivity index is 2.42. The van der Waals surface area contributed by atoms with Crippen LogP contribution in [0.2, 0.25) is 0 Å². The van der Waals surface area contributed by atoms with Crippen molar-refractivity contribution in [2.24, 2.45) is 5.92 Å². The molecule has 100 valence electrons. The van der Waals surface area contributed by atoms with Crippen molar-refractivity contribution in [2.75, 3.05) is 11.9 Å². The third-order valence-corrected chi connectivity index (χ3v) is 3.18. The zero-order chi connectivity index (χ0) is 13.5. The lowest BCUT2D eigenvalue weighted by Crippen LogP contribution is -2.40. The quantitative estimate of drug-likeness (QED) is 0.812. The summed E-state index contributed by atoms with van der Waals surface area (Å²) in [6.45, 7) is 9.13. The molecule has 0 aliphatic heterocycles. The van der Waals surface area contributed by atoms with Crippen LogP contribution >= 0.6 is 0 Å². The summed E-state index contributed by atoms with van der Waals surface area (Å²) in [7, 11) is 0. The van der Waals surface area contributed by atoms with Crippen molar-refractivity contribution in [1.82, 2.24) is 5.32 Å². The van der Waals surface area contributed by atoms with Gasteiger partial charge in [0.25, 0.3) is 0 Å². The molecule has 0 aliphatic rings. The second kappa shape index (κ2) is 7.17. The molecule has 0 fully saturated rings. The number of rotatable bonds is 6. The van der Waals surface area contributed by atoms with Gasteiger partial charge in [0, 0.05) is 5.69 Å². The van der Waals surface area contributed by atoms with Gasteiger partial charge in [0.2, 0.25) is 5.91 Å². The fraction of sp³-hybridized carbons (Fsp3) is 0.533. The smallest absolute Gasteiger partial charge is 0.241 e. The highest BCUT2D eigenvalue weighted by Gasteiger charge is 2.12. The number of carbonyl (C=O) groups is 1. The highest BCUT2D eigenvalue weighted by Crippen LogP contribution is 2.09. The average Bonchev–Trinajstić information content (AvgIpc) is 2.38. The first-order valence-corrected chi connectivity index (χ1v) is 6.63. The predicted molar refractivity (Wildman–Crippen MR) is 76.7 cm³/mol. The van der Waals surface area contributed by atoms with E-state index in [4.69, 9.17) is 0 Å². The Hall–Kier alpha value is -1.35. The predicted octanol–water partition coefficient (Wildman–Crippen LogP) is 2.96. The molecule has 0 aliphatic carbocycles. The van der Waals surface area contributed by atoms with Crippen LogP contribution < -0.4 is 10.6 Å². The fourth-order valence-corrected chi connectivity index (χ4v) is 1.50. The van der Waals surface area contributed by atoms with E-state index in [-0.39, 0.29) is 11.9 Å². The molecule has 2 N–H and O–H groups in total. The van der Waals surface area contributed by atoms with Crippen LogP contribution in [0.1, 0.15) is 32.8 Å². The van der Waals surface area contributed by atoms with E-state index in [1.165, 1.54) is 5.56 Å². The molecule has 18 heavy (non-hydrogen) atoms. The summed E-state index contributed by atoms with van der Waals surface area (Å²) in [4.78, 5) is 11.9. The molecule has 0 saturated carbocycles. The summed E-state index contributed by atoms with van der Waals surface area (Å²) >= 11 is 0. The minimum Gasteiger partial charge on any atom is -0.325 e. The number of carbonyl (C=O) groups excluding carboxylic acids is 1. The van der Waals surface area contributed by atoms with Gasteiger partial charge in [-0.2, -0.15) is 0 Å². The summed E-state index contributed by atoms with van der Waals surface area (Å²) in [6.07, 6.45) is 1.12. The van der Waals surface area contributed by atoms with Crippen LogP contribution in [0.5, 0.6) is 0 Å². The lowest BCUT2D eigenvalue weighted by Gasteiger charge is -2.16. The Morgan fingerprint density at radius 2 is 1.83 bits per heavy atom. The van der Waals surface area contributed by atoms with E-state index in [0.29, 0.717) is 5.92 Å². The second-order valence-corrected chi connectivity index (χ2v) is 5.00. The monoisotopic (exact) mass is 248 g/mol. The zero-order valence-corrected chi connectivity index (χ0v) is 11.8. The third-order valence-electron chi connectivity index (χ3n) is 3.18. The molecule has 2 atom stereocenters. The number of anilines is 1. The summed E-state index contributed by atoms with van der Waals surface area (Å²) in [5.41, 5.74) is 2.04. The van der Waals surface area contributed by atoms with Gasteiger partial charge in [-0.05, 0) is 38.4 Å². The number of aryl methyl sites for hydroxylation is 1. The lowest BCUT2D eigenvalue weighted by molar-refractivity contribution is -0.117. The number of nitrogens with one attached hydrogen (secondary N) is 2. The Kier molecular flexibility index (Phi) is 5.86. The minimum absolute atomic E-state index is 0.0159. The summed E-state index contributed by atoms with van der Waals surface area (Å²) in [5, 5.41) is 6.16. The highest BCUT2D eigenvalue weighted by atomic mass is 16.2. The van der Waals surface area contributed by atoms with Crippen molar-refractivity contribution in [1.29, 1.82) is 0 Å².